The van der Waals surface area contributed by atoms with Gasteiger partial charge in [0.15, 0.2) is 0 Å². The first-order valence-corrected chi connectivity index (χ1v) is 8.59. The van der Waals surface area contributed by atoms with Crippen LogP contribution in [-0.4, -0.2) is 0 Å². The summed E-state index contributed by atoms with van der Waals surface area (Å²) >= 11 is 3.53. The molecule has 0 spiro atoms. The average molecular weight is 383 g/mol. The Balaban J connectivity index is 1.47. The molecule has 2 N–H and O–H groups in total. The van der Waals surface area contributed by atoms with E-state index >= 15 is 0 Å². The normalized spacial score (nSPS) is 10.4. The van der Waals surface area contributed by atoms with Crippen LogP contribution in [0.3, 0.4) is 0 Å². The lowest BCUT2D eigenvalue weighted by Crippen LogP contribution is -2.20. The van der Waals surface area contributed by atoms with Crippen LogP contribution in [0.1, 0.15) is 11.1 Å². The fraction of sp³-hybridized carbons (Fsp3) is 0.100. The van der Waals surface area contributed by atoms with Gasteiger partial charge in [-0.3, -0.25) is 0 Å². The third kappa shape index (κ3) is 4.85. The fourth-order valence-electron chi connectivity index (χ4n) is 2.25. The molecule has 0 bridgehead atoms. The molecule has 24 heavy (non-hydrogen) atoms. The molecule has 0 fully saturated rings. The molecule has 0 aliphatic carbocycles. The quantitative estimate of drug-likeness (QED) is 0.554. The smallest absolute Gasteiger partial charge is 0.119 e. The molecular formula is C20H19BrN2O. The van der Waals surface area contributed by atoms with Crippen LogP contribution >= 0.6 is 15.9 Å². The van der Waals surface area contributed by atoms with Crippen LogP contribution in [0.2, 0.25) is 0 Å². The second kappa shape index (κ2) is 8.52. The SMILES string of the molecule is Brc1ccccc1COc1ccc(CNNc2ccccc2)cc1. The van der Waals surface area contributed by atoms with Crippen LogP contribution in [0.25, 0.3) is 0 Å². The van der Waals surface area contributed by atoms with Crippen molar-refractivity contribution in [3.05, 3.63) is 94.5 Å². The van der Waals surface area contributed by atoms with Crippen molar-refractivity contribution in [2.24, 2.45) is 0 Å². The molecule has 122 valence electrons. The maximum absolute atomic E-state index is 5.84. The Bertz CT molecular complexity index is 760. The van der Waals surface area contributed by atoms with Gasteiger partial charge >= 0.3 is 0 Å². The minimum absolute atomic E-state index is 0.550. The molecule has 3 rings (SSSR count). The molecule has 0 aliphatic heterocycles. The Labute approximate surface area is 150 Å². The van der Waals surface area contributed by atoms with E-state index in [0.29, 0.717) is 6.61 Å². The zero-order valence-corrected chi connectivity index (χ0v) is 14.8. The fourth-order valence-corrected chi connectivity index (χ4v) is 2.65. The van der Waals surface area contributed by atoms with Crippen molar-refractivity contribution in [1.82, 2.24) is 5.43 Å². The standard InChI is InChI=1S/C20H19BrN2O/c21-20-9-5-4-6-17(20)15-24-19-12-10-16(11-13-19)14-22-23-18-7-2-1-3-8-18/h1-13,22-23H,14-15H2. The molecule has 0 radical (unpaired) electrons. The van der Waals surface area contributed by atoms with Gasteiger partial charge in [0.2, 0.25) is 0 Å². The first kappa shape index (κ1) is 16.6. The number of benzene rings is 3. The first-order chi connectivity index (χ1) is 11.8. The van der Waals surface area contributed by atoms with Crippen LogP contribution < -0.4 is 15.6 Å². The zero-order valence-electron chi connectivity index (χ0n) is 13.2. The van der Waals surface area contributed by atoms with Gasteiger partial charge in [-0.15, -0.1) is 0 Å². The Morgan fingerprint density at radius 3 is 2.25 bits per heavy atom. The van der Waals surface area contributed by atoms with Crippen molar-refractivity contribution in [1.29, 1.82) is 0 Å². The van der Waals surface area contributed by atoms with Crippen LogP contribution in [0.15, 0.2) is 83.3 Å². The monoisotopic (exact) mass is 382 g/mol. The van der Waals surface area contributed by atoms with E-state index < -0.39 is 0 Å². The minimum Gasteiger partial charge on any atom is -0.489 e. The predicted octanol–water partition coefficient (Wildman–Crippen LogP) is 5.14. The molecule has 0 amide bonds. The zero-order chi connectivity index (χ0) is 16.6. The molecule has 0 aromatic heterocycles. The molecule has 3 aromatic carbocycles. The van der Waals surface area contributed by atoms with Crippen molar-refractivity contribution >= 4 is 21.6 Å². The van der Waals surface area contributed by atoms with E-state index in [-0.39, 0.29) is 0 Å². The number of hydrogen-bond donors (Lipinski definition) is 2. The van der Waals surface area contributed by atoms with Crippen molar-refractivity contribution in [2.75, 3.05) is 5.43 Å². The average Bonchev–Trinajstić information content (AvgIpc) is 2.63. The third-order valence-electron chi connectivity index (χ3n) is 3.57. The number of hydrogen-bond acceptors (Lipinski definition) is 3. The highest BCUT2D eigenvalue weighted by atomic mass is 79.9. The summed E-state index contributed by atoms with van der Waals surface area (Å²) in [6.45, 7) is 1.29. The van der Waals surface area contributed by atoms with Gasteiger partial charge in [-0.25, -0.2) is 5.43 Å². The molecule has 0 saturated heterocycles. The maximum Gasteiger partial charge on any atom is 0.119 e. The van der Waals surface area contributed by atoms with Crippen molar-refractivity contribution in [3.63, 3.8) is 0 Å². The summed E-state index contributed by atoms with van der Waals surface area (Å²) in [6.07, 6.45) is 0. The number of ether oxygens (including phenoxy) is 1. The van der Waals surface area contributed by atoms with E-state index in [1.54, 1.807) is 0 Å². The topological polar surface area (TPSA) is 33.3 Å². The maximum atomic E-state index is 5.84. The molecule has 0 unspecified atom stereocenters. The van der Waals surface area contributed by atoms with Crippen LogP contribution in [0.4, 0.5) is 5.69 Å². The van der Waals surface area contributed by atoms with Gasteiger partial charge in [-0.2, -0.15) is 0 Å². The second-order valence-corrected chi connectivity index (χ2v) is 6.22. The molecule has 0 heterocycles. The lowest BCUT2D eigenvalue weighted by atomic mass is 10.2. The first-order valence-electron chi connectivity index (χ1n) is 7.80. The van der Waals surface area contributed by atoms with Gasteiger partial charge in [0.1, 0.15) is 12.4 Å². The summed E-state index contributed by atoms with van der Waals surface area (Å²) < 4.78 is 6.90. The Kier molecular flexibility index (Phi) is 5.88. The molecule has 3 nitrogen and oxygen atoms in total. The van der Waals surface area contributed by atoms with Gasteiger partial charge in [-0.1, -0.05) is 64.5 Å². The summed E-state index contributed by atoms with van der Waals surface area (Å²) in [4.78, 5) is 0. The number of hydrazine groups is 1. The van der Waals surface area contributed by atoms with Gasteiger partial charge in [-0.05, 0) is 35.9 Å². The molecule has 0 saturated carbocycles. The van der Waals surface area contributed by atoms with Gasteiger partial charge in [0.25, 0.3) is 0 Å². The molecule has 3 aromatic rings. The number of nitrogens with one attached hydrogen (secondary N) is 2. The lowest BCUT2D eigenvalue weighted by molar-refractivity contribution is 0.305. The van der Waals surface area contributed by atoms with Crippen LogP contribution in [0.5, 0.6) is 5.75 Å². The van der Waals surface area contributed by atoms with E-state index in [1.807, 2.05) is 60.7 Å². The summed E-state index contributed by atoms with van der Waals surface area (Å²) in [5.74, 6) is 0.866. The number of halogens is 1. The van der Waals surface area contributed by atoms with E-state index in [4.69, 9.17) is 4.74 Å². The van der Waals surface area contributed by atoms with E-state index in [9.17, 15) is 0 Å². The molecular weight excluding hydrogens is 364 g/mol. The van der Waals surface area contributed by atoms with Gasteiger partial charge in [0.05, 0.1) is 0 Å². The lowest BCUT2D eigenvalue weighted by Gasteiger charge is -2.10. The molecule has 0 atom stereocenters. The number of para-hydroxylation sites is 1. The van der Waals surface area contributed by atoms with Crippen LogP contribution in [-0.2, 0) is 13.2 Å². The third-order valence-corrected chi connectivity index (χ3v) is 4.35. The molecule has 0 aliphatic rings. The number of anilines is 1. The Morgan fingerprint density at radius 1 is 0.792 bits per heavy atom. The van der Waals surface area contributed by atoms with E-state index in [0.717, 1.165) is 28.0 Å². The predicted molar refractivity (Wildman–Crippen MR) is 102 cm³/mol. The van der Waals surface area contributed by atoms with Crippen molar-refractivity contribution < 1.29 is 4.74 Å². The summed E-state index contributed by atoms with van der Waals surface area (Å²) in [7, 11) is 0. The highest BCUT2D eigenvalue weighted by Gasteiger charge is 2.00. The summed E-state index contributed by atoms with van der Waals surface area (Å²) in [5.41, 5.74) is 9.75. The molecule has 4 heteroatoms. The van der Waals surface area contributed by atoms with Crippen LogP contribution in [0, 0.1) is 0 Å². The van der Waals surface area contributed by atoms with Crippen molar-refractivity contribution in [3.8, 4) is 5.75 Å². The van der Waals surface area contributed by atoms with Gasteiger partial charge in [0, 0.05) is 22.3 Å². The largest absolute Gasteiger partial charge is 0.489 e. The summed E-state index contributed by atoms with van der Waals surface area (Å²) in [5, 5.41) is 0. The Morgan fingerprint density at radius 2 is 1.50 bits per heavy atom. The highest BCUT2D eigenvalue weighted by molar-refractivity contribution is 9.10. The Hall–Kier alpha value is -2.30. The number of rotatable bonds is 7. The van der Waals surface area contributed by atoms with Gasteiger partial charge < -0.3 is 10.2 Å². The minimum atomic E-state index is 0.550. The van der Waals surface area contributed by atoms with E-state index in [1.165, 1.54) is 5.56 Å². The summed E-state index contributed by atoms with van der Waals surface area (Å²) in [6, 6.07) is 26.2. The highest BCUT2D eigenvalue weighted by Crippen LogP contribution is 2.19. The van der Waals surface area contributed by atoms with Crippen molar-refractivity contribution in [2.45, 2.75) is 13.2 Å². The second-order valence-electron chi connectivity index (χ2n) is 5.37. The van der Waals surface area contributed by atoms with E-state index in [2.05, 4.69) is 45.0 Å².